The fourth-order valence-corrected chi connectivity index (χ4v) is 2.04. The number of halogens is 1. The summed E-state index contributed by atoms with van der Waals surface area (Å²) < 4.78 is 5.69. The number of fused-ring (bicyclic) bond motifs is 1. The summed E-state index contributed by atoms with van der Waals surface area (Å²) in [4.78, 5) is 2.28. The average Bonchev–Trinajstić information content (AvgIpc) is 2.50. The third kappa shape index (κ3) is 3.39. The van der Waals surface area contributed by atoms with Gasteiger partial charge in [0.25, 0.3) is 0 Å². The Bertz CT molecular complexity index is 447. The second-order valence-corrected chi connectivity index (χ2v) is 4.45. The Morgan fingerprint density at radius 1 is 1.41 bits per heavy atom. The molecule has 3 heteroatoms. The predicted molar refractivity (Wildman–Crippen MR) is 70.3 cm³/mol. The first kappa shape index (κ1) is 12.3. The molecule has 1 aliphatic rings. The molecular weight excluding hydrogens is 234 g/mol. The van der Waals surface area contributed by atoms with Gasteiger partial charge in [0.1, 0.15) is 12.4 Å². The Balaban J connectivity index is 2.10. The minimum Gasteiger partial charge on any atom is -0.492 e. The smallest absolute Gasteiger partial charge is 0.123 e. The molecule has 2 nitrogen and oxygen atoms in total. The highest BCUT2D eigenvalue weighted by atomic mass is 35.5. The molecule has 0 amide bonds. The van der Waals surface area contributed by atoms with E-state index in [0.717, 1.165) is 42.4 Å². The van der Waals surface area contributed by atoms with Crippen LogP contribution in [0.1, 0.15) is 18.9 Å². The SMILES string of the molecule is CCC#CCN1CCOc2ccc(Cl)cc2C1. The molecule has 0 spiro atoms. The van der Waals surface area contributed by atoms with Crippen molar-refractivity contribution in [1.29, 1.82) is 0 Å². The van der Waals surface area contributed by atoms with Gasteiger partial charge in [-0.05, 0) is 18.2 Å². The Hall–Kier alpha value is -1.17. The van der Waals surface area contributed by atoms with Crippen molar-refractivity contribution >= 4 is 11.6 Å². The lowest BCUT2D eigenvalue weighted by molar-refractivity contribution is 0.245. The molecule has 0 atom stereocenters. The van der Waals surface area contributed by atoms with E-state index in [4.69, 9.17) is 16.3 Å². The first-order valence-electron chi connectivity index (χ1n) is 5.89. The molecule has 17 heavy (non-hydrogen) atoms. The van der Waals surface area contributed by atoms with Gasteiger partial charge in [0.2, 0.25) is 0 Å². The van der Waals surface area contributed by atoms with E-state index in [9.17, 15) is 0 Å². The maximum atomic E-state index is 6.00. The maximum Gasteiger partial charge on any atom is 0.123 e. The molecule has 0 bridgehead atoms. The number of rotatable bonds is 1. The number of benzene rings is 1. The molecule has 0 saturated carbocycles. The fourth-order valence-electron chi connectivity index (χ4n) is 1.84. The van der Waals surface area contributed by atoms with Crippen molar-refractivity contribution in [3.63, 3.8) is 0 Å². The third-order valence-electron chi connectivity index (χ3n) is 2.69. The topological polar surface area (TPSA) is 12.5 Å². The third-order valence-corrected chi connectivity index (χ3v) is 2.92. The monoisotopic (exact) mass is 249 g/mol. The van der Waals surface area contributed by atoms with Crippen LogP contribution in [0.25, 0.3) is 0 Å². The zero-order valence-electron chi connectivity index (χ0n) is 10.0. The van der Waals surface area contributed by atoms with Gasteiger partial charge in [-0.2, -0.15) is 0 Å². The zero-order valence-corrected chi connectivity index (χ0v) is 10.8. The first-order valence-corrected chi connectivity index (χ1v) is 6.26. The van der Waals surface area contributed by atoms with Crippen LogP contribution in [-0.2, 0) is 6.54 Å². The van der Waals surface area contributed by atoms with Gasteiger partial charge in [-0.25, -0.2) is 0 Å². The molecule has 1 aliphatic heterocycles. The lowest BCUT2D eigenvalue weighted by atomic mass is 10.2. The summed E-state index contributed by atoms with van der Waals surface area (Å²) in [5.41, 5.74) is 1.15. The van der Waals surface area contributed by atoms with Gasteiger partial charge in [-0.15, -0.1) is 5.92 Å². The highest BCUT2D eigenvalue weighted by Gasteiger charge is 2.14. The highest BCUT2D eigenvalue weighted by molar-refractivity contribution is 6.30. The quantitative estimate of drug-likeness (QED) is 0.710. The van der Waals surface area contributed by atoms with E-state index in [2.05, 4.69) is 23.7 Å². The average molecular weight is 250 g/mol. The van der Waals surface area contributed by atoms with Crippen molar-refractivity contribution in [2.75, 3.05) is 19.7 Å². The summed E-state index contributed by atoms with van der Waals surface area (Å²) in [6.45, 7) is 5.33. The van der Waals surface area contributed by atoms with E-state index < -0.39 is 0 Å². The van der Waals surface area contributed by atoms with Crippen LogP contribution in [0.15, 0.2) is 18.2 Å². The van der Waals surface area contributed by atoms with Crippen molar-refractivity contribution < 1.29 is 4.74 Å². The Morgan fingerprint density at radius 2 is 2.29 bits per heavy atom. The van der Waals surface area contributed by atoms with Gasteiger partial charge in [0.05, 0.1) is 6.54 Å². The van der Waals surface area contributed by atoms with E-state index in [1.54, 1.807) is 0 Å². The number of hydrogen-bond donors (Lipinski definition) is 0. The Labute approximate surface area is 108 Å². The van der Waals surface area contributed by atoms with E-state index in [1.807, 2.05) is 18.2 Å². The van der Waals surface area contributed by atoms with E-state index >= 15 is 0 Å². The van der Waals surface area contributed by atoms with Gasteiger partial charge in [-0.3, -0.25) is 4.90 Å². The van der Waals surface area contributed by atoms with Crippen LogP contribution in [0, 0.1) is 11.8 Å². The molecule has 0 N–H and O–H groups in total. The minimum atomic E-state index is 0.711. The summed E-state index contributed by atoms with van der Waals surface area (Å²) in [6, 6.07) is 5.79. The van der Waals surface area contributed by atoms with Crippen LogP contribution < -0.4 is 4.74 Å². The minimum absolute atomic E-state index is 0.711. The van der Waals surface area contributed by atoms with Crippen molar-refractivity contribution in [3.05, 3.63) is 28.8 Å². The largest absolute Gasteiger partial charge is 0.492 e. The second kappa shape index (κ2) is 5.95. The fraction of sp³-hybridized carbons (Fsp3) is 0.429. The second-order valence-electron chi connectivity index (χ2n) is 4.02. The van der Waals surface area contributed by atoms with Gasteiger partial charge >= 0.3 is 0 Å². The molecular formula is C14H16ClNO. The molecule has 0 aliphatic carbocycles. The molecule has 90 valence electrons. The highest BCUT2D eigenvalue weighted by Crippen LogP contribution is 2.26. The van der Waals surface area contributed by atoms with E-state index in [0.29, 0.717) is 6.61 Å². The summed E-state index contributed by atoms with van der Waals surface area (Å²) in [5, 5.41) is 0.758. The number of hydrogen-bond acceptors (Lipinski definition) is 2. The summed E-state index contributed by atoms with van der Waals surface area (Å²) in [7, 11) is 0. The molecule has 0 unspecified atom stereocenters. The van der Waals surface area contributed by atoms with Crippen LogP contribution in [0.5, 0.6) is 5.75 Å². The van der Waals surface area contributed by atoms with Crippen molar-refractivity contribution in [2.24, 2.45) is 0 Å². The van der Waals surface area contributed by atoms with Crippen molar-refractivity contribution in [1.82, 2.24) is 4.90 Å². The van der Waals surface area contributed by atoms with Gasteiger partial charge in [0, 0.05) is 30.1 Å². The molecule has 2 rings (SSSR count). The van der Waals surface area contributed by atoms with Crippen molar-refractivity contribution in [2.45, 2.75) is 19.9 Å². The molecule has 0 fully saturated rings. The molecule has 0 radical (unpaired) electrons. The molecule has 0 saturated heterocycles. The van der Waals surface area contributed by atoms with Gasteiger partial charge < -0.3 is 4.74 Å². The summed E-state index contributed by atoms with van der Waals surface area (Å²) in [5.74, 6) is 7.20. The standard InChI is InChI=1S/C14H16ClNO/c1-2-3-4-7-16-8-9-17-14-6-5-13(15)10-12(14)11-16/h5-6,10H,2,7-9,11H2,1H3. The summed E-state index contributed by atoms with van der Waals surface area (Å²) in [6.07, 6.45) is 0.909. The predicted octanol–water partition coefficient (Wildman–Crippen LogP) is 2.95. The van der Waals surface area contributed by atoms with Gasteiger partial charge in [0.15, 0.2) is 0 Å². The lowest BCUT2D eigenvalue weighted by Crippen LogP contribution is -2.26. The van der Waals surface area contributed by atoms with Crippen LogP contribution in [0.3, 0.4) is 0 Å². The maximum absolute atomic E-state index is 6.00. The van der Waals surface area contributed by atoms with Crippen LogP contribution in [-0.4, -0.2) is 24.6 Å². The summed E-state index contributed by atoms with van der Waals surface area (Å²) >= 11 is 6.00. The first-order chi connectivity index (χ1) is 8.29. The lowest BCUT2D eigenvalue weighted by Gasteiger charge is -2.15. The van der Waals surface area contributed by atoms with E-state index in [-0.39, 0.29) is 0 Å². The van der Waals surface area contributed by atoms with Gasteiger partial charge in [-0.1, -0.05) is 24.4 Å². The van der Waals surface area contributed by atoms with Crippen molar-refractivity contribution in [3.8, 4) is 17.6 Å². The zero-order chi connectivity index (χ0) is 12.1. The molecule has 1 heterocycles. The van der Waals surface area contributed by atoms with Crippen LogP contribution >= 0.6 is 11.6 Å². The van der Waals surface area contributed by atoms with Crippen LogP contribution in [0.4, 0.5) is 0 Å². The normalized spacial score (nSPS) is 15.2. The molecule has 1 aromatic rings. The Morgan fingerprint density at radius 3 is 3.12 bits per heavy atom. The Kier molecular flexibility index (Phi) is 4.30. The van der Waals surface area contributed by atoms with Crippen LogP contribution in [0.2, 0.25) is 5.02 Å². The number of ether oxygens (including phenoxy) is 1. The molecule has 1 aromatic carbocycles. The van der Waals surface area contributed by atoms with E-state index in [1.165, 1.54) is 0 Å². The number of nitrogens with zero attached hydrogens (tertiary/aromatic N) is 1. The molecule has 0 aromatic heterocycles.